The average molecular weight is 333 g/mol. The molecule has 0 unspecified atom stereocenters. The molecule has 3 rings (SSSR count). The third kappa shape index (κ3) is 2.91. The number of hydrogen-bond acceptors (Lipinski definition) is 5. The van der Waals surface area contributed by atoms with Gasteiger partial charge in [0, 0.05) is 16.6 Å². The number of fused-ring (bicyclic) bond motifs is 1. The van der Waals surface area contributed by atoms with Crippen LogP contribution in [-0.2, 0) is 0 Å². The molecule has 6 heteroatoms. The van der Waals surface area contributed by atoms with E-state index >= 15 is 0 Å². The van der Waals surface area contributed by atoms with Crippen LogP contribution < -0.4 is 4.74 Å². The van der Waals surface area contributed by atoms with Crippen LogP contribution in [0.3, 0.4) is 0 Å². The molecule has 3 aromatic rings. The minimum Gasteiger partial charge on any atom is -0.455 e. The highest BCUT2D eigenvalue weighted by atomic mass is 35.5. The molecule has 0 saturated carbocycles. The summed E-state index contributed by atoms with van der Waals surface area (Å²) in [5.74, 6) is 1.36. The minimum atomic E-state index is 0.652. The summed E-state index contributed by atoms with van der Waals surface area (Å²) in [4.78, 5) is 5.12. The maximum absolute atomic E-state index is 9.07. The zero-order valence-corrected chi connectivity index (χ0v) is 13.4. The summed E-state index contributed by atoms with van der Waals surface area (Å²) in [6.07, 6.45) is 4.11. The van der Waals surface area contributed by atoms with Crippen LogP contribution in [-0.4, -0.2) is 15.9 Å². The van der Waals surface area contributed by atoms with Crippen LogP contribution >= 0.6 is 22.9 Å². The number of pyridine rings is 1. The van der Waals surface area contributed by atoms with Crippen molar-refractivity contribution in [1.82, 2.24) is 4.98 Å². The van der Waals surface area contributed by atoms with E-state index in [1.54, 1.807) is 36.7 Å². The first-order chi connectivity index (χ1) is 10.7. The summed E-state index contributed by atoms with van der Waals surface area (Å²) in [5.41, 5.74) is 0.652. The Kier molecular flexibility index (Phi) is 4.27. The van der Waals surface area contributed by atoms with Crippen molar-refractivity contribution in [3.8, 4) is 11.5 Å². The Bertz CT molecular complexity index is 828. The van der Waals surface area contributed by atoms with Gasteiger partial charge in [-0.3, -0.25) is 4.98 Å². The third-order valence-electron chi connectivity index (χ3n) is 3.19. The summed E-state index contributed by atoms with van der Waals surface area (Å²) < 4.78 is 6.87. The molecule has 1 N–H and O–H groups in total. The van der Waals surface area contributed by atoms with Gasteiger partial charge in [-0.05, 0) is 36.8 Å². The Morgan fingerprint density at radius 3 is 2.77 bits per heavy atom. The highest BCUT2D eigenvalue weighted by Crippen LogP contribution is 2.35. The molecule has 0 spiro atoms. The molecule has 0 fully saturated rings. The molecule has 0 bridgehead atoms. The van der Waals surface area contributed by atoms with Crippen LogP contribution in [0.4, 0.5) is 0 Å². The molecular weight excluding hydrogens is 320 g/mol. The normalized spacial score (nSPS) is 11.8. The highest BCUT2D eigenvalue weighted by molar-refractivity contribution is 7.20. The molecular formula is C16H13ClN2O2S. The van der Waals surface area contributed by atoms with Crippen LogP contribution in [0, 0.1) is 0 Å². The number of benzene rings is 1. The topological polar surface area (TPSA) is 54.7 Å². The maximum Gasteiger partial charge on any atom is 0.154 e. The number of hydrogen-bond donors (Lipinski definition) is 1. The largest absolute Gasteiger partial charge is 0.455 e. The maximum atomic E-state index is 9.07. The van der Waals surface area contributed by atoms with Crippen molar-refractivity contribution in [2.75, 3.05) is 0 Å². The molecule has 0 aliphatic rings. The minimum absolute atomic E-state index is 0.652. The Labute approximate surface area is 136 Å². The van der Waals surface area contributed by atoms with Crippen LogP contribution in [0.25, 0.3) is 10.1 Å². The van der Waals surface area contributed by atoms with E-state index in [0.29, 0.717) is 28.7 Å². The Morgan fingerprint density at radius 2 is 2.09 bits per heavy atom. The third-order valence-corrected chi connectivity index (χ3v) is 4.56. The fraction of sp³-hybridized carbons (Fsp3) is 0.125. The van der Waals surface area contributed by atoms with Crippen LogP contribution in [0.15, 0.2) is 47.9 Å². The van der Waals surface area contributed by atoms with Gasteiger partial charge >= 0.3 is 0 Å². The molecule has 0 aliphatic heterocycles. The first kappa shape index (κ1) is 14.8. The van der Waals surface area contributed by atoms with E-state index < -0.39 is 0 Å². The second-order valence-corrected chi connectivity index (χ2v) is 6.14. The first-order valence-electron chi connectivity index (χ1n) is 6.73. The Balaban J connectivity index is 2.01. The lowest BCUT2D eigenvalue weighted by Gasteiger charge is -2.06. The van der Waals surface area contributed by atoms with E-state index in [2.05, 4.69) is 10.1 Å². The van der Waals surface area contributed by atoms with E-state index in [4.69, 9.17) is 21.5 Å². The number of ether oxygens (including phenoxy) is 1. The smallest absolute Gasteiger partial charge is 0.154 e. The predicted octanol–water partition coefficient (Wildman–Crippen LogP) is 5.33. The number of nitrogens with zero attached hydrogens (tertiary/aromatic N) is 2. The van der Waals surface area contributed by atoms with Gasteiger partial charge in [-0.1, -0.05) is 23.7 Å². The Morgan fingerprint density at radius 1 is 1.32 bits per heavy atom. The number of rotatable bonds is 4. The van der Waals surface area contributed by atoms with Gasteiger partial charge in [0.05, 0.1) is 21.5 Å². The fourth-order valence-electron chi connectivity index (χ4n) is 2.08. The lowest BCUT2D eigenvalue weighted by molar-refractivity contribution is 0.318. The zero-order chi connectivity index (χ0) is 15.5. The second-order valence-electron chi connectivity index (χ2n) is 4.62. The van der Waals surface area contributed by atoms with Gasteiger partial charge in [-0.2, -0.15) is 0 Å². The molecule has 1 aromatic carbocycles. The SMILES string of the molecule is CCC(=NO)c1cc2c(Oc3ccc(Cl)cc3)cncc2s1. The van der Waals surface area contributed by atoms with Crippen molar-refractivity contribution in [3.05, 3.63) is 52.6 Å². The van der Waals surface area contributed by atoms with Crippen molar-refractivity contribution in [3.63, 3.8) is 0 Å². The highest BCUT2D eigenvalue weighted by Gasteiger charge is 2.12. The summed E-state index contributed by atoms with van der Waals surface area (Å²) in [7, 11) is 0. The summed E-state index contributed by atoms with van der Waals surface area (Å²) in [6.45, 7) is 1.95. The molecule has 0 atom stereocenters. The number of oxime groups is 1. The summed E-state index contributed by atoms with van der Waals surface area (Å²) in [5, 5.41) is 14.0. The molecule has 2 heterocycles. The average Bonchev–Trinajstić information content (AvgIpc) is 2.96. The quantitative estimate of drug-likeness (QED) is 0.399. The second kappa shape index (κ2) is 6.34. The van der Waals surface area contributed by atoms with Gasteiger partial charge in [0.15, 0.2) is 5.75 Å². The zero-order valence-electron chi connectivity index (χ0n) is 11.8. The molecule has 0 radical (unpaired) electrons. The lowest BCUT2D eigenvalue weighted by Crippen LogP contribution is -1.94. The van der Waals surface area contributed by atoms with E-state index in [9.17, 15) is 0 Å². The fourth-order valence-corrected chi connectivity index (χ4v) is 3.31. The van der Waals surface area contributed by atoms with Gasteiger partial charge in [0.25, 0.3) is 0 Å². The number of aromatic nitrogens is 1. The van der Waals surface area contributed by atoms with Gasteiger partial charge in [-0.15, -0.1) is 11.3 Å². The molecule has 0 aliphatic carbocycles. The van der Waals surface area contributed by atoms with Gasteiger partial charge in [0.1, 0.15) is 5.75 Å². The molecule has 112 valence electrons. The summed E-state index contributed by atoms with van der Waals surface area (Å²) >= 11 is 7.40. The molecule has 22 heavy (non-hydrogen) atoms. The van der Waals surface area contributed by atoms with Gasteiger partial charge in [0.2, 0.25) is 0 Å². The van der Waals surface area contributed by atoms with Crippen molar-refractivity contribution in [1.29, 1.82) is 0 Å². The predicted molar refractivity (Wildman–Crippen MR) is 89.8 cm³/mol. The van der Waals surface area contributed by atoms with Crippen molar-refractivity contribution < 1.29 is 9.94 Å². The molecule has 2 aromatic heterocycles. The van der Waals surface area contributed by atoms with Gasteiger partial charge < -0.3 is 9.94 Å². The number of thiophene rings is 1. The molecule has 0 amide bonds. The van der Waals surface area contributed by atoms with Crippen LogP contribution in [0.1, 0.15) is 18.2 Å². The molecule has 0 saturated heterocycles. The van der Waals surface area contributed by atoms with Crippen LogP contribution in [0.5, 0.6) is 11.5 Å². The van der Waals surface area contributed by atoms with Gasteiger partial charge in [-0.25, -0.2) is 0 Å². The Hall–Kier alpha value is -2.11. The molecule has 4 nitrogen and oxygen atoms in total. The lowest BCUT2D eigenvalue weighted by atomic mass is 10.2. The monoisotopic (exact) mass is 332 g/mol. The van der Waals surface area contributed by atoms with Crippen LogP contribution in [0.2, 0.25) is 5.02 Å². The summed E-state index contributed by atoms with van der Waals surface area (Å²) in [6, 6.07) is 9.13. The van der Waals surface area contributed by atoms with Crippen molar-refractivity contribution in [2.24, 2.45) is 5.16 Å². The van der Waals surface area contributed by atoms with E-state index in [-0.39, 0.29) is 0 Å². The van der Waals surface area contributed by atoms with E-state index in [1.165, 1.54) is 11.3 Å². The standard InChI is InChI=1S/C16H13ClN2O2S/c1-2-13(19-20)15-7-12-14(8-18-9-16(12)22-15)21-11-5-3-10(17)4-6-11/h3-9,20H,2H2,1H3. The van der Waals surface area contributed by atoms with Crippen molar-refractivity contribution in [2.45, 2.75) is 13.3 Å². The van der Waals surface area contributed by atoms with E-state index in [1.807, 2.05) is 13.0 Å². The first-order valence-corrected chi connectivity index (χ1v) is 7.93. The number of halogens is 1. The van der Waals surface area contributed by atoms with E-state index in [0.717, 1.165) is 15.0 Å². The van der Waals surface area contributed by atoms with Crippen molar-refractivity contribution >= 4 is 38.7 Å².